The van der Waals surface area contributed by atoms with Gasteiger partial charge in [0, 0.05) is 13.5 Å². The van der Waals surface area contributed by atoms with E-state index in [1.165, 1.54) is 0 Å². The standard InChI is InChI=1S/C30H46O5Si/c1-22(2)36(23(3)4,24(5)6)34-21-28-30(33-20-26-16-12-9-13-17-26)27(18-29(31-7)35-28)32-19-25-14-10-8-11-15-25/h8-17,22-24,27-30H,18-21H2,1-7H3/t27-,28-,29+,30+/m1/s1. The highest BCUT2D eigenvalue weighted by atomic mass is 28.4. The van der Waals surface area contributed by atoms with Gasteiger partial charge in [0.1, 0.15) is 12.2 Å². The topological polar surface area (TPSA) is 46.2 Å². The van der Waals surface area contributed by atoms with Crippen LogP contribution in [0.25, 0.3) is 0 Å². The van der Waals surface area contributed by atoms with E-state index in [0.29, 0.717) is 42.9 Å². The molecule has 3 rings (SSSR count). The molecule has 4 atom stereocenters. The van der Waals surface area contributed by atoms with Crippen molar-refractivity contribution in [3.8, 4) is 0 Å². The molecule has 0 aliphatic carbocycles. The zero-order chi connectivity index (χ0) is 26.1. The zero-order valence-corrected chi connectivity index (χ0v) is 24.2. The Morgan fingerprint density at radius 3 is 1.75 bits per heavy atom. The molecule has 36 heavy (non-hydrogen) atoms. The van der Waals surface area contributed by atoms with Gasteiger partial charge in [-0.25, -0.2) is 0 Å². The average Bonchev–Trinajstić information content (AvgIpc) is 2.87. The molecule has 1 aliphatic rings. The Hall–Kier alpha value is -1.54. The Labute approximate surface area is 219 Å². The minimum atomic E-state index is -2.07. The molecule has 0 amide bonds. The summed E-state index contributed by atoms with van der Waals surface area (Å²) in [4.78, 5) is 0. The van der Waals surface area contributed by atoms with Gasteiger partial charge >= 0.3 is 0 Å². The van der Waals surface area contributed by atoms with Crippen molar-refractivity contribution in [1.29, 1.82) is 0 Å². The Kier molecular flexibility index (Phi) is 11.2. The third-order valence-electron chi connectivity index (χ3n) is 7.54. The van der Waals surface area contributed by atoms with Crippen LogP contribution in [-0.4, -0.2) is 46.6 Å². The van der Waals surface area contributed by atoms with Gasteiger partial charge in [-0.05, 0) is 27.8 Å². The largest absolute Gasteiger partial charge is 0.413 e. The highest BCUT2D eigenvalue weighted by Crippen LogP contribution is 2.43. The summed E-state index contributed by atoms with van der Waals surface area (Å²) in [7, 11) is -0.379. The molecule has 0 saturated carbocycles. The fourth-order valence-corrected chi connectivity index (χ4v) is 11.3. The molecule has 1 saturated heterocycles. The maximum atomic E-state index is 6.96. The summed E-state index contributed by atoms with van der Waals surface area (Å²) in [6.45, 7) is 15.3. The summed E-state index contributed by atoms with van der Waals surface area (Å²) < 4.78 is 32.1. The average molecular weight is 515 g/mol. The van der Waals surface area contributed by atoms with E-state index in [1.807, 2.05) is 36.4 Å². The molecule has 200 valence electrons. The molecule has 5 nitrogen and oxygen atoms in total. The summed E-state index contributed by atoms with van der Waals surface area (Å²) in [5.41, 5.74) is 3.75. The summed E-state index contributed by atoms with van der Waals surface area (Å²) >= 11 is 0. The van der Waals surface area contributed by atoms with Crippen LogP contribution in [0.15, 0.2) is 60.7 Å². The molecular formula is C30H46O5Si. The third-order valence-corrected chi connectivity index (χ3v) is 13.6. The SMILES string of the molecule is CO[C@@H]1C[C@@H](OCc2ccccc2)[C@H](OCc2ccccc2)[C@@H](CO[Si](C(C)C)(C(C)C)C(C)C)O1. The Balaban J connectivity index is 1.82. The van der Waals surface area contributed by atoms with E-state index in [-0.39, 0.29) is 24.6 Å². The van der Waals surface area contributed by atoms with Gasteiger partial charge < -0.3 is 23.4 Å². The van der Waals surface area contributed by atoms with E-state index in [4.69, 9.17) is 23.4 Å². The number of methoxy groups -OCH3 is 1. The minimum Gasteiger partial charge on any atom is -0.413 e. The second-order valence-electron chi connectivity index (χ2n) is 10.8. The van der Waals surface area contributed by atoms with E-state index in [0.717, 1.165) is 11.1 Å². The maximum absolute atomic E-state index is 6.96. The summed E-state index contributed by atoms with van der Waals surface area (Å²) in [6, 6.07) is 20.5. The molecule has 2 aromatic rings. The van der Waals surface area contributed by atoms with Gasteiger partial charge in [-0.15, -0.1) is 0 Å². The number of hydrogen-bond acceptors (Lipinski definition) is 5. The van der Waals surface area contributed by atoms with Crippen LogP contribution in [0.4, 0.5) is 0 Å². The monoisotopic (exact) mass is 514 g/mol. The van der Waals surface area contributed by atoms with Crippen molar-refractivity contribution in [1.82, 2.24) is 0 Å². The van der Waals surface area contributed by atoms with Crippen molar-refractivity contribution >= 4 is 8.32 Å². The molecule has 1 aliphatic heterocycles. The predicted molar refractivity (Wildman–Crippen MR) is 147 cm³/mol. The quantitative estimate of drug-likeness (QED) is 0.267. The van der Waals surface area contributed by atoms with Gasteiger partial charge in [-0.2, -0.15) is 0 Å². The van der Waals surface area contributed by atoms with Crippen LogP contribution in [0, 0.1) is 0 Å². The first kappa shape index (κ1) is 29.0. The number of rotatable bonds is 13. The van der Waals surface area contributed by atoms with Crippen molar-refractivity contribution in [2.75, 3.05) is 13.7 Å². The molecule has 0 unspecified atom stereocenters. The van der Waals surface area contributed by atoms with Gasteiger partial charge in [0.05, 0.1) is 25.9 Å². The molecule has 0 bridgehead atoms. The fraction of sp³-hybridized carbons (Fsp3) is 0.600. The van der Waals surface area contributed by atoms with Gasteiger partial charge in [0.2, 0.25) is 0 Å². The summed E-state index contributed by atoms with van der Waals surface area (Å²) in [5, 5.41) is 0. The molecule has 0 N–H and O–H groups in total. The molecular weight excluding hydrogens is 468 g/mol. The molecule has 0 spiro atoms. The lowest BCUT2D eigenvalue weighted by molar-refractivity contribution is -0.268. The number of benzene rings is 2. The van der Waals surface area contributed by atoms with Crippen molar-refractivity contribution in [3.63, 3.8) is 0 Å². The zero-order valence-electron chi connectivity index (χ0n) is 23.2. The lowest BCUT2D eigenvalue weighted by Gasteiger charge is -2.46. The van der Waals surface area contributed by atoms with Crippen LogP contribution in [0.2, 0.25) is 16.6 Å². The maximum Gasteiger partial charge on any atom is 0.200 e. The summed E-state index contributed by atoms with van der Waals surface area (Å²) in [6.07, 6.45) is -0.464. The number of ether oxygens (including phenoxy) is 4. The van der Waals surface area contributed by atoms with E-state index >= 15 is 0 Å². The van der Waals surface area contributed by atoms with Crippen molar-refractivity contribution < 1.29 is 23.4 Å². The van der Waals surface area contributed by atoms with Crippen LogP contribution >= 0.6 is 0 Å². The smallest absolute Gasteiger partial charge is 0.200 e. The van der Waals surface area contributed by atoms with Crippen molar-refractivity contribution in [2.24, 2.45) is 0 Å². The molecule has 2 aromatic carbocycles. The van der Waals surface area contributed by atoms with Crippen LogP contribution in [-0.2, 0) is 36.6 Å². The highest BCUT2D eigenvalue weighted by Gasteiger charge is 2.47. The van der Waals surface area contributed by atoms with Crippen molar-refractivity contribution in [3.05, 3.63) is 71.8 Å². The van der Waals surface area contributed by atoms with Gasteiger partial charge in [-0.1, -0.05) is 102 Å². The first-order valence-electron chi connectivity index (χ1n) is 13.4. The molecule has 0 aromatic heterocycles. The molecule has 0 radical (unpaired) electrons. The van der Waals surface area contributed by atoms with E-state index in [2.05, 4.69) is 65.8 Å². The lowest BCUT2D eigenvalue weighted by Crippen LogP contribution is -2.56. The van der Waals surface area contributed by atoms with Crippen LogP contribution in [0.5, 0.6) is 0 Å². The third kappa shape index (κ3) is 7.27. The first-order valence-corrected chi connectivity index (χ1v) is 15.5. The minimum absolute atomic E-state index is 0.172. The summed E-state index contributed by atoms with van der Waals surface area (Å²) in [5.74, 6) is 0. The molecule has 1 fully saturated rings. The van der Waals surface area contributed by atoms with E-state index < -0.39 is 8.32 Å². The highest BCUT2D eigenvalue weighted by molar-refractivity contribution is 6.77. The normalized spacial score (nSPS) is 23.1. The predicted octanol–water partition coefficient (Wildman–Crippen LogP) is 7.11. The molecule has 6 heteroatoms. The second-order valence-corrected chi connectivity index (χ2v) is 16.3. The van der Waals surface area contributed by atoms with Crippen LogP contribution in [0.1, 0.15) is 59.1 Å². The van der Waals surface area contributed by atoms with Gasteiger partial charge in [-0.3, -0.25) is 0 Å². The van der Waals surface area contributed by atoms with Crippen LogP contribution < -0.4 is 0 Å². The fourth-order valence-electron chi connectivity index (χ4n) is 5.83. The lowest BCUT2D eigenvalue weighted by atomic mass is 10.0. The van der Waals surface area contributed by atoms with E-state index in [9.17, 15) is 0 Å². The first-order chi connectivity index (χ1) is 17.3. The molecule has 1 heterocycles. The van der Waals surface area contributed by atoms with Crippen molar-refractivity contribution in [2.45, 2.75) is 102 Å². The van der Waals surface area contributed by atoms with E-state index in [1.54, 1.807) is 7.11 Å². The van der Waals surface area contributed by atoms with Gasteiger partial charge in [0.15, 0.2) is 14.6 Å². The van der Waals surface area contributed by atoms with Gasteiger partial charge in [0.25, 0.3) is 0 Å². The number of hydrogen-bond donors (Lipinski definition) is 0. The Morgan fingerprint density at radius 2 is 1.28 bits per heavy atom. The Bertz CT molecular complexity index is 852. The Morgan fingerprint density at radius 1 is 0.778 bits per heavy atom. The van der Waals surface area contributed by atoms with Crippen LogP contribution in [0.3, 0.4) is 0 Å². The second kappa shape index (κ2) is 13.8.